The first-order chi connectivity index (χ1) is 14.1. The molecule has 1 spiro atoms. The first-order valence-corrected chi connectivity index (χ1v) is 11.1. The lowest BCUT2D eigenvalue weighted by Crippen LogP contribution is -2.52. The number of carbonyl (C=O) groups is 1. The third-order valence-corrected chi connectivity index (χ3v) is 6.65. The van der Waals surface area contributed by atoms with Gasteiger partial charge in [0.1, 0.15) is 0 Å². The van der Waals surface area contributed by atoms with E-state index in [1.54, 1.807) is 0 Å². The number of aliphatic hydroxyl groups is 1. The van der Waals surface area contributed by atoms with Crippen LogP contribution >= 0.6 is 0 Å². The molecule has 3 aliphatic heterocycles. The van der Waals surface area contributed by atoms with Crippen molar-refractivity contribution in [2.45, 2.75) is 56.3 Å². The monoisotopic (exact) mass is 402 g/mol. The van der Waals surface area contributed by atoms with Gasteiger partial charge in [0.05, 0.1) is 31.0 Å². The molecule has 3 fully saturated rings. The fourth-order valence-corrected chi connectivity index (χ4v) is 4.95. The lowest BCUT2D eigenvalue weighted by molar-refractivity contribution is -0.185. The van der Waals surface area contributed by atoms with Gasteiger partial charge in [0.15, 0.2) is 0 Å². The summed E-state index contributed by atoms with van der Waals surface area (Å²) in [4.78, 5) is 17.0. The molecule has 3 aliphatic rings. The Morgan fingerprint density at radius 2 is 1.83 bits per heavy atom. The van der Waals surface area contributed by atoms with Crippen LogP contribution < -0.4 is 0 Å². The summed E-state index contributed by atoms with van der Waals surface area (Å²) < 4.78 is 11.9. The average Bonchev–Trinajstić information content (AvgIpc) is 2.75. The number of rotatable bonds is 5. The van der Waals surface area contributed by atoms with E-state index in [9.17, 15) is 9.90 Å². The molecule has 3 saturated heterocycles. The van der Waals surface area contributed by atoms with E-state index in [0.717, 1.165) is 70.8 Å². The maximum Gasteiger partial charge on any atom is 0.222 e. The van der Waals surface area contributed by atoms with Crippen molar-refractivity contribution >= 4 is 5.91 Å². The fourth-order valence-electron chi connectivity index (χ4n) is 4.95. The fraction of sp³-hybridized carbons (Fsp3) is 0.696. The molecule has 0 aromatic heterocycles. The van der Waals surface area contributed by atoms with Gasteiger partial charge in [-0.15, -0.1) is 0 Å². The van der Waals surface area contributed by atoms with E-state index in [1.807, 2.05) is 23.1 Å². The Bertz CT molecular complexity index is 654. The van der Waals surface area contributed by atoms with Crippen molar-refractivity contribution in [3.8, 4) is 0 Å². The quantitative estimate of drug-likeness (QED) is 0.819. The first kappa shape index (κ1) is 20.8. The molecule has 2 atom stereocenters. The predicted octanol–water partition coefficient (Wildman–Crippen LogP) is 2.37. The first-order valence-electron chi connectivity index (χ1n) is 11.1. The zero-order valence-electron chi connectivity index (χ0n) is 17.3. The Balaban J connectivity index is 1.26. The summed E-state index contributed by atoms with van der Waals surface area (Å²) in [5.41, 5.74) is 0.829. The summed E-state index contributed by atoms with van der Waals surface area (Å²) in [6, 6.07) is 10.2. The van der Waals surface area contributed by atoms with E-state index in [2.05, 4.69) is 17.0 Å². The van der Waals surface area contributed by atoms with Crippen molar-refractivity contribution in [3.63, 3.8) is 0 Å². The minimum Gasteiger partial charge on any atom is -0.393 e. The van der Waals surface area contributed by atoms with Crippen molar-refractivity contribution in [2.24, 2.45) is 0 Å². The van der Waals surface area contributed by atoms with Crippen LogP contribution in [0, 0.1) is 0 Å². The highest BCUT2D eigenvalue weighted by molar-refractivity contribution is 5.76. The molecule has 6 nitrogen and oxygen atoms in total. The molecule has 0 saturated carbocycles. The molecule has 29 heavy (non-hydrogen) atoms. The molecule has 0 aliphatic carbocycles. The van der Waals surface area contributed by atoms with E-state index >= 15 is 0 Å². The molecule has 1 aromatic rings. The molecular formula is C23H34N2O4. The lowest BCUT2D eigenvalue weighted by Gasteiger charge is -2.48. The average molecular weight is 403 g/mol. The Labute approximate surface area is 173 Å². The maximum absolute atomic E-state index is 12.7. The molecule has 4 rings (SSSR count). The Morgan fingerprint density at radius 3 is 2.55 bits per heavy atom. The Morgan fingerprint density at radius 1 is 1.10 bits per heavy atom. The molecule has 1 amide bonds. The van der Waals surface area contributed by atoms with Crippen molar-refractivity contribution in [1.29, 1.82) is 0 Å². The van der Waals surface area contributed by atoms with E-state index in [4.69, 9.17) is 9.47 Å². The van der Waals surface area contributed by atoms with Gasteiger partial charge in [0.2, 0.25) is 5.91 Å². The zero-order chi connectivity index (χ0) is 20.1. The van der Waals surface area contributed by atoms with Gasteiger partial charge in [0.25, 0.3) is 0 Å². The predicted molar refractivity (Wildman–Crippen MR) is 111 cm³/mol. The Kier molecular flexibility index (Phi) is 6.85. The SMILES string of the molecule is O=C(CCCN1CCOCC1)N1CCC2(CC1)C[C@H](O)C[C@H](c1ccccc1)O2. The van der Waals surface area contributed by atoms with E-state index < -0.39 is 0 Å². The molecule has 160 valence electrons. The molecular weight excluding hydrogens is 368 g/mol. The highest BCUT2D eigenvalue weighted by atomic mass is 16.5. The van der Waals surface area contributed by atoms with Crippen LogP contribution in [0.5, 0.6) is 0 Å². The van der Waals surface area contributed by atoms with Crippen LogP contribution in [0.15, 0.2) is 30.3 Å². The van der Waals surface area contributed by atoms with Crippen LogP contribution in [0.1, 0.15) is 50.2 Å². The third kappa shape index (κ3) is 5.37. The second-order valence-electron chi connectivity index (χ2n) is 8.73. The number of ether oxygens (including phenoxy) is 2. The van der Waals surface area contributed by atoms with Crippen LogP contribution in [0.25, 0.3) is 0 Å². The van der Waals surface area contributed by atoms with Crippen LogP contribution in [0.4, 0.5) is 0 Å². The minimum absolute atomic E-state index is 0.0595. The van der Waals surface area contributed by atoms with Crippen molar-refractivity contribution in [1.82, 2.24) is 9.80 Å². The minimum atomic E-state index is -0.343. The van der Waals surface area contributed by atoms with Gasteiger partial charge < -0.3 is 19.5 Å². The van der Waals surface area contributed by atoms with Gasteiger partial charge in [-0.1, -0.05) is 30.3 Å². The number of aliphatic hydroxyl groups excluding tert-OH is 1. The van der Waals surface area contributed by atoms with E-state index in [-0.39, 0.29) is 23.7 Å². The highest BCUT2D eigenvalue weighted by Gasteiger charge is 2.44. The standard InChI is InChI=1S/C23H34N2O4/c26-20-17-21(19-5-2-1-3-6-19)29-23(18-20)8-11-25(12-9-23)22(27)7-4-10-24-13-15-28-16-14-24/h1-3,5-6,20-21,26H,4,7-18H2/t20-,21-/m1/s1. The van der Waals surface area contributed by atoms with Crippen LogP contribution in [-0.4, -0.2) is 78.5 Å². The van der Waals surface area contributed by atoms with Crippen LogP contribution in [0.3, 0.4) is 0 Å². The number of amides is 1. The number of morpholine rings is 1. The van der Waals surface area contributed by atoms with Crippen molar-refractivity contribution in [3.05, 3.63) is 35.9 Å². The number of carbonyl (C=O) groups excluding carboxylic acids is 1. The molecule has 3 heterocycles. The summed E-state index contributed by atoms with van der Waals surface area (Å²) in [5.74, 6) is 0.254. The molecule has 0 unspecified atom stereocenters. The zero-order valence-corrected chi connectivity index (χ0v) is 17.3. The number of likely N-dealkylation sites (tertiary alicyclic amines) is 1. The summed E-state index contributed by atoms with van der Waals surface area (Å²) in [6.07, 6.45) is 4.06. The number of nitrogens with zero attached hydrogens (tertiary/aromatic N) is 2. The van der Waals surface area contributed by atoms with Gasteiger partial charge in [-0.05, 0) is 31.4 Å². The van der Waals surface area contributed by atoms with Crippen LogP contribution in [-0.2, 0) is 14.3 Å². The van der Waals surface area contributed by atoms with E-state index in [1.165, 1.54) is 0 Å². The van der Waals surface area contributed by atoms with Crippen molar-refractivity contribution < 1.29 is 19.4 Å². The molecule has 6 heteroatoms. The summed E-state index contributed by atoms with van der Waals surface area (Å²) >= 11 is 0. The smallest absolute Gasteiger partial charge is 0.222 e. The van der Waals surface area contributed by atoms with E-state index in [0.29, 0.717) is 19.3 Å². The highest BCUT2D eigenvalue weighted by Crippen LogP contribution is 2.43. The van der Waals surface area contributed by atoms with Crippen LogP contribution in [0.2, 0.25) is 0 Å². The molecule has 1 N–H and O–H groups in total. The third-order valence-electron chi connectivity index (χ3n) is 6.65. The Hall–Kier alpha value is -1.47. The van der Waals surface area contributed by atoms with Gasteiger partial charge >= 0.3 is 0 Å². The van der Waals surface area contributed by atoms with Gasteiger partial charge in [-0.2, -0.15) is 0 Å². The topological polar surface area (TPSA) is 62.2 Å². The second kappa shape index (κ2) is 9.56. The van der Waals surface area contributed by atoms with Gasteiger partial charge in [-0.25, -0.2) is 0 Å². The van der Waals surface area contributed by atoms with Gasteiger partial charge in [0, 0.05) is 45.4 Å². The molecule has 0 radical (unpaired) electrons. The van der Waals surface area contributed by atoms with Crippen molar-refractivity contribution in [2.75, 3.05) is 45.9 Å². The summed E-state index contributed by atoms with van der Waals surface area (Å²) in [5, 5.41) is 10.5. The number of hydrogen-bond donors (Lipinski definition) is 1. The number of hydrogen-bond acceptors (Lipinski definition) is 5. The molecule has 1 aromatic carbocycles. The largest absolute Gasteiger partial charge is 0.393 e. The second-order valence-corrected chi connectivity index (χ2v) is 8.73. The number of piperidine rings is 1. The summed E-state index contributed by atoms with van der Waals surface area (Å²) in [6.45, 7) is 5.98. The summed E-state index contributed by atoms with van der Waals surface area (Å²) in [7, 11) is 0. The normalized spacial score (nSPS) is 27.8. The molecule has 0 bridgehead atoms. The van der Waals surface area contributed by atoms with Gasteiger partial charge in [-0.3, -0.25) is 9.69 Å². The maximum atomic E-state index is 12.7. The number of benzene rings is 1. The lowest BCUT2D eigenvalue weighted by atomic mass is 9.81.